The third kappa shape index (κ3) is 2.96. The minimum absolute atomic E-state index is 0.0211. The SMILES string of the molecule is CC1=C(C)[C@@]2(C)C[P@]1C1=C2C(C)(C)C2=C1[P@@]1C[C@]2(C)C(C)=C1C.CC1=C(C)[C@]2(C)C[P@@]1C1=C2C(C)(C)C2=C1[P@]1C[C@@]2(C)C(C)=C1C. The number of fused-ring (bicyclic) bond motifs is 18. The van der Waals surface area contributed by atoms with Crippen molar-refractivity contribution in [2.75, 3.05) is 24.6 Å². The highest BCUT2D eigenvalue weighted by Gasteiger charge is 2.68. The molecule has 8 aliphatic heterocycles. The zero-order chi connectivity index (χ0) is 33.4. The van der Waals surface area contributed by atoms with Crippen molar-refractivity contribution in [2.24, 2.45) is 32.5 Å². The second kappa shape index (κ2) is 8.56. The topological polar surface area (TPSA) is 0 Å². The number of hydrogen-bond donors (Lipinski definition) is 0. The van der Waals surface area contributed by atoms with Gasteiger partial charge >= 0.3 is 0 Å². The molecular formula is C42H56P4. The summed E-state index contributed by atoms with van der Waals surface area (Å²) in [6.45, 7) is 39.9. The summed E-state index contributed by atoms with van der Waals surface area (Å²) < 4.78 is 0. The van der Waals surface area contributed by atoms with E-state index in [9.17, 15) is 0 Å². The van der Waals surface area contributed by atoms with Crippen LogP contribution in [-0.2, 0) is 0 Å². The van der Waals surface area contributed by atoms with Crippen LogP contribution in [0.3, 0.4) is 0 Å². The van der Waals surface area contributed by atoms with Crippen LogP contribution < -0.4 is 0 Å². The Labute approximate surface area is 285 Å². The molecule has 0 unspecified atom stereocenters. The molecule has 0 aromatic carbocycles. The third-order valence-electron chi connectivity index (χ3n) is 16.2. The van der Waals surface area contributed by atoms with Crippen LogP contribution in [0.5, 0.6) is 0 Å². The first-order valence-corrected chi connectivity index (χ1v) is 24.1. The van der Waals surface area contributed by atoms with Gasteiger partial charge in [0, 0.05) is 32.5 Å². The quantitative estimate of drug-likeness (QED) is 0.223. The predicted octanol–water partition coefficient (Wildman–Crippen LogP) is 14.3. The summed E-state index contributed by atoms with van der Waals surface area (Å²) in [7, 11) is -0.0843. The van der Waals surface area contributed by atoms with Crippen LogP contribution >= 0.6 is 31.7 Å². The zero-order valence-electron chi connectivity index (χ0n) is 31.6. The minimum atomic E-state index is -0.0211. The van der Waals surface area contributed by atoms with Gasteiger partial charge in [0.2, 0.25) is 0 Å². The summed E-state index contributed by atoms with van der Waals surface area (Å²) in [5.41, 5.74) is 16.3. The monoisotopic (exact) mass is 684 g/mol. The van der Waals surface area contributed by atoms with Gasteiger partial charge in [0.25, 0.3) is 0 Å². The van der Waals surface area contributed by atoms with Crippen molar-refractivity contribution in [2.45, 2.75) is 111 Å². The summed E-state index contributed by atoms with van der Waals surface area (Å²) in [4.78, 5) is 0. The molecule has 46 heavy (non-hydrogen) atoms. The van der Waals surface area contributed by atoms with Crippen LogP contribution in [0.4, 0.5) is 0 Å². The number of hydrogen-bond acceptors (Lipinski definition) is 0. The largest absolute Gasteiger partial charge is 0.0592 e. The molecule has 8 bridgehead atoms. The first kappa shape index (κ1) is 31.6. The van der Waals surface area contributed by atoms with E-state index in [-0.39, 0.29) is 42.5 Å². The van der Waals surface area contributed by atoms with Gasteiger partial charge in [-0.05, 0) is 177 Å². The molecule has 8 atom stereocenters. The van der Waals surface area contributed by atoms with Crippen LogP contribution in [0.2, 0.25) is 0 Å². The average molecular weight is 685 g/mol. The van der Waals surface area contributed by atoms with E-state index < -0.39 is 0 Å². The molecule has 0 saturated heterocycles. The molecule has 10 rings (SSSR count). The highest BCUT2D eigenvalue weighted by molar-refractivity contribution is 7.74. The Balaban J connectivity index is 0.000000127. The average Bonchev–Trinajstić information content (AvgIpc) is 3.84. The van der Waals surface area contributed by atoms with Crippen LogP contribution in [0, 0.1) is 32.5 Å². The number of allylic oxidation sites excluding steroid dienone is 16. The van der Waals surface area contributed by atoms with E-state index in [1.54, 1.807) is 43.5 Å². The van der Waals surface area contributed by atoms with Gasteiger partial charge < -0.3 is 0 Å². The van der Waals surface area contributed by atoms with Crippen molar-refractivity contribution in [1.29, 1.82) is 0 Å². The lowest BCUT2D eigenvalue weighted by Crippen LogP contribution is -2.35. The lowest BCUT2D eigenvalue weighted by molar-refractivity contribution is 0.361. The molecule has 0 spiro atoms. The minimum Gasteiger partial charge on any atom is -0.0592 e. The maximum atomic E-state index is 2.56. The van der Waals surface area contributed by atoms with E-state index in [0.29, 0.717) is 21.7 Å². The first-order chi connectivity index (χ1) is 21.1. The van der Waals surface area contributed by atoms with E-state index in [1.165, 1.54) is 24.6 Å². The van der Waals surface area contributed by atoms with Gasteiger partial charge in [-0.3, -0.25) is 0 Å². The Morgan fingerprint density at radius 3 is 0.674 bits per heavy atom. The molecule has 2 aliphatic carbocycles. The van der Waals surface area contributed by atoms with Crippen LogP contribution in [0.15, 0.2) is 87.1 Å². The fourth-order valence-electron chi connectivity index (χ4n) is 13.4. The van der Waals surface area contributed by atoms with Crippen molar-refractivity contribution in [1.82, 2.24) is 0 Å². The van der Waals surface area contributed by atoms with E-state index in [1.807, 2.05) is 43.5 Å². The predicted molar refractivity (Wildman–Crippen MR) is 209 cm³/mol. The normalized spacial score (nSPS) is 45.9. The molecule has 0 aromatic heterocycles. The van der Waals surface area contributed by atoms with Gasteiger partial charge in [0.1, 0.15) is 0 Å². The molecule has 8 heterocycles. The zero-order valence-corrected chi connectivity index (χ0v) is 35.2. The molecule has 0 saturated carbocycles. The lowest BCUT2D eigenvalue weighted by Gasteiger charge is -2.42. The van der Waals surface area contributed by atoms with E-state index in [2.05, 4.69) is 111 Å². The van der Waals surface area contributed by atoms with E-state index >= 15 is 0 Å². The lowest BCUT2D eigenvalue weighted by atomic mass is 9.60. The van der Waals surface area contributed by atoms with Crippen molar-refractivity contribution >= 4 is 31.7 Å². The molecule has 0 radical (unpaired) electrons. The van der Waals surface area contributed by atoms with Gasteiger partial charge in [-0.2, -0.15) is 0 Å². The molecule has 0 fully saturated rings. The highest BCUT2D eigenvalue weighted by atomic mass is 31.1. The van der Waals surface area contributed by atoms with Gasteiger partial charge in [-0.25, -0.2) is 0 Å². The first-order valence-electron chi connectivity index (χ1n) is 18.0. The Kier molecular flexibility index (Phi) is 5.88. The molecule has 244 valence electrons. The van der Waals surface area contributed by atoms with Crippen LogP contribution in [-0.4, -0.2) is 24.6 Å². The summed E-state index contributed by atoms with van der Waals surface area (Å²) in [6, 6.07) is 0. The molecule has 0 aromatic rings. The maximum Gasteiger partial charge on any atom is 0.0159 e. The molecule has 4 heteroatoms. The summed E-state index contributed by atoms with van der Waals surface area (Å²) >= 11 is 0. The van der Waals surface area contributed by atoms with Crippen molar-refractivity contribution < 1.29 is 0 Å². The second-order valence-corrected chi connectivity index (χ2v) is 27.8. The Bertz CT molecular complexity index is 1670. The smallest absolute Gasteiger partial charge is 0.0159 e. The molecule has 0 nitrogen and oxygen atoms in total. The van der Waals surface area contributed by atoms with Crippen molar-refractivity contribution in [3.05, 3.63) is 87.1 Å². The second-order valence-electron chi connectivity index (χ2n) is 18.7. The highest BCUT2D eigenvalue weighted by Crippen LogP contribution is 2.91. The molecule has 0 amide bonds. The Morgan fingerprint density at radius 2 is 0.500 bits per heavy atom. The van der Waals surface area contributed by atoms with Gasteiger partial charge in [-0.15, -0.1) is 0 Å². The van der Waals surface area contributed by atoms with E-state index in [0.717, 1.165) is 0 Å². The maximum absolute atomic E-state index is 2.56. The summed E-state index contributed by atoms with van der Waals surface area (Å²) in [5.74, 6) is 0. The molecule has 10 aliphatic rings. The van der Waals surface area contributed by atoms with Crippen molar-refractivity contribution in [3.8, 4) is 0 Å². The third-order valence-corrected chi connectivity index (χ3v) is 28.9. The van der Waals surface area contributed by atoms with Crippen LogP contribution in [0.25, 0.3) is 0 Å². The van der Waals surface area contributed by atoms with Gasteiger partial charge in [-0.1, -0.05) is 77.7 Å². The summed E-state index contributed by atoms with van der Waals surface area (Å²) in [6.07, 6.45) is 5.69. The number of rotatable bonds is 0. The van der Waals surface area contributed by atoms with Crippen LogP contribution in [0.1, 0.15) is 111 Å². The van der Waals surface area contributed by atoms with E-state index in [4.69, 9.17) is 0 Å². The Morgan fingerprint density at radius 1 is 0.326 bits per heavy atom. The standard InChI is InChI=1S/2C21H28P2/c2*1-11-13(3)22-9-20(11,7)17-15(22)16-18(19(17,5)6)21(8)10-23(16)14(4)12(21)2/h2*9-10H2,1-8H3/t2*20-,21-,22+,23+/m10/s1. The van der Waals surface area contributed by atoms with Gasteiger partial charge in [0.05, 0.1) is 0 Å². The summed E-state index contributed by atoms with van der Waals surface area (Å²) in [5, 5.41) is 14.6. The van der Waals surface area contributed by atoms with Gasteiger partial charge in [0.15, 0.2) is 0 Å². The Hall–Kier alpha value is -0.360. The van der Waals surface area contributed by atoms with Crippen molar-refractivity contribution in [3.63, 3.8) is 0 Å². The fraction of sp³-hybridized carbons (Fsp3) is 0.619. The fourth-order valence-corrected chi connectivity index (χ4v) is 29.2. The molecule has 0 N–H and O–H groups in total. The molecular weight excluding hydrogens is 628 g/mol.